The van der Waals surface area contributed by atoms with Crippen molar-refractivity contribution in [3.63, 3.8) is 0 Å². The van der Waals surface area contributed by atoms with Crippen LogP contribution in [0.25, 0.3) is 0 Å². The summed E-state index contributed by atoms with van der Waals surface area (Å²) in [6, 6.07) is 2.10. The second kappa shape index (κ2) is 6.95. The number of nitrogens with zero attached hydrogens (tertiary/aromatic N) is 2. The molecule has 0 aromatic heterocycles. The minimum atomic E-state index is -0.257. The van der Waals surface area contributed by atoms with Gasteiger partial charge in [-0.05, 0) is 32.6 Å². The summed E-state index contributed by atoms with van der Waals surface area (Å²) in [4.78, 5) is 13.9. The molecular weight excluding hydrogens is 214 g/mol. The molecule has 0 aromatic carbocycles. The highest BCUT2D eigenvalue weighted by Crippen LogP contribution is 2.10. The number of piperidine rings is 1. The summed E-state index contributed by atoms with van der Waals surface area (Å²) in [6.45, 7) is 5.84. The van der Waals surface area contributed by atoms with E-state index in [-0.39, 0.29) is 17.5 Å². The van der Waals surface area contributed by atoms with E-state index in [2.05, 4.69) is 10.2 Å². The maximum Gasteiger partial charge on any atom is 0.263 e. The van der Waals surface area contributed by atoms with Crippen molar-refractivity contribution < 1.29 is 4.79 Å². The summed E-state index contributed by atoms with van der Waals surface area (Å²) in [5.41, 5.74) is 0.215. The quantitative estimate of drug-likeness (QED) is 0.597. The van der Waals surface area contributed by atoms with Crippen molar-refractivity contribution in [3.8, 4) is 6.07 Å². The Morgan fingerprint density at radius 1 is 1.47 bits per heavy atom. The Morgan fingerprint density at radius 3 is 2.65 bits per heavy atom. The Morgan fingerprint density at radius 2 is 2.12 bits per heavy atom. The zero-order chi connectivity index (χ0) is 12.7. The normalized spacial score (nSPS) is 18.4. The number of hydrogen-bond acceptors (Lipinski definition) is 3. The van der Waals surface area contributed by atoms with Gasteiger partial charge in [0, 0.05) is 25.3 Å². The van der Waals surface area contributed by atoms with Crippen molar-refractivity contribution in [3.05, 3.63) is 11.8 Å². The first kappa shape index (κ1) is 13.6. The molecule has 4 nitrogen and oxygen atoms in total. The van der Waals surface area contributed by atoms with Crippen LogP contribution in [0.5, 0.6) is 0 Å². The molecule has 0 aliphatic carbocycles. The Hall–Kier alpha value is -1.50. The molecule has 1 fully saturated rings. The van der Waals surface area contributed by atoms with E-state index in [1.807, 2.05) is 19.9 Å². The number of rotatable bonds is 4. The van der Waals surface area contributed by atoms with Crippen molar-refractivity contribution in [2.45, 2.75) is 45.6 Å². The van der Waals surface area contributed by atoms with E-state index in [0.29, 0.717) is 0 Å². The van der Waals surface area contributed by atoms with Crippen LogP contribution in [0, 0.1) is 11.3 Å². The highest BCUT2D eigenvalue weighted by atomic mass is 16.1. The molecule has 1 saturated heterocycles. The summed E-state index contributed by atoms with van der Waals surface area (Å²) in [5, 5.41) is 11.8. The van der Waals surface area contributed by atoms with Gasteiger partial charge >= 0.3 is 0 Å². The molecule has 1 unspecified atom stereocenters. The topological polar surface area (TPSA) is 56.1 Å². The number of carbonyl (C=O) groups is 1. The summed E-state index contributed by atoms with van der Waals surface area (Å²) in [5.74, 6) is -0.257. The molecule has 0 radical (unpaired) electrons. The third-order valence-electron chi connectivity index (χ3n) is 3.06. The van der Waals surface area contributed by atoms with Crippen LogP contribution in [0.3, 0.4) is 0 Å². The van der Waals surface area contributed by atoms with Crippen molar-refractivity contribution in [1.29, 1.82) is 5.26 Å². The highest BCUT2D eigenvalue weighted by Gasteiger charge is 2.14. The van der Waals surface area contributed by atoms with Gasteiger partial charge in [0.15, 0.2) is 0 Å². The van der Waals surface area contributed by atoms with E-state index in [0.717, 1.165) is 32.4 Å². The number of nitriles is 1. The fraction of sp³-hybridized carbons (Fsp3) is 0.692. The molecule has 17 heavy (non-hydrogen) atoms. The van der Waals surface area contributed by atoms with Crippen LogP contribution in [-0.2, 0) is 4.79 Å². The summed E-state index contributed by atoms with van der Waals surface area (Å²) in [6.07, 6.45) is 6.10. The minimum Gasteiger partial charge on any atom is -0.376 e. The number of carbonyl (C=O) groups excluding carboxylic acids is 1. The molecule has 1 N–H and O–H groups in total. The molecule has 94 valence electrons. The van der Waals surface area contributed by atoms with Gasteiger partial charge in [-0.2, -0.15) is 5.26 Å². The van der Waals surface area contributed by atoms with Gasteiger partial charge in [0.25, 0.3) is 5.91 Å². The molecular formula is C13H21N3O. The number of likely N-dealkylation sites (tertiary alicyclic amines) is 1. The van der Waals surface area contributed by atoms with Crippen LogP contribution in [0.2, 0.25) is 0 Å². The average molecular weight is 235 g/mol. The van der Waals surface area contributed by atoms with Crippen LogP contribution in [0.4, 0.5) is 0 Å². The predicted octanol–water partition coefficient (Wildman–Crippen LogP) is 1.79. The van der Waals surface area contributed by atoms with Crippen molar-refractivity contribution in [1.82, 2.24) is 10.2 Å². The van der Waals surface area contributed by atoms with Crippen LogP contribution < -0.4 is 5.32 Å². The van der Waals surface area contributed by atoms with E-state index in [1.165, 1.54) is 6.42 Å². The lowest BCUT2D eigenvalue weighted by Crippen LogP contribution is -2.34. The van der Waals surface area contributed by atoms with E-state index < -0.39 is 0 Å². The zero-order valence-corrected chi connectivity index (χ0v) is 10.7. The first-order chi connectivity index (χ1) is 8.17. The molecule has 4 heteroatoms. The third-order valence-corrected chi connectivity index (χ3v) is 3.06. The zero-order valence-electron chi connectivity index (χ0n) is 10.7. The molecule has 1 amide bonds. The SMILES string of the molecule is CCC(C)NC(=O)/C(C#N)=C\N1CCCCC1. The molecule has 0 saturated carbocycles. The average Bonchev–Trinajstić information content (AvgIpc) is 2.36. The summed E-state index contributed by atoms with van der Waals surface area (Å²) < 4.78 is 0. The van der Waals surface area contributed by atoms with Gasteiger partial charge in [0.1, 0.15) is 11.6 Å². The second-order valence-electron chi connectivity index (χ2n) is 4.53. The molecule has 1 atom stereocenters. The summed E-state index contributed by atoms with van der Waals surface area (Å²) in [7, 11) is 0. The van der Waals surface area contributed by atoms with Gasteiger partial charge in [-0.15, -0.1) is 0 Å². The molecule has 1 heterocycles. The Kier molecular flexibility index (Phi) is 5.55. The van der Waals surface area contributed by atoms with Gasteiger partial charge in [0.2, 0.25) is 0 Å². The fourth-order valence-corrected chi connectivity index (χ4v) is 1.77. The van der Waals surface area contributed by atoms with E-state index in [1.54, 1.807) is 6.20 Å². The first-order valence-electron chi connectivity index (χ1n) is 6.34. The predicted molar refractivity (Wildman–Crippen MR) is 67.0 cm³/mol. The van der Waals surface area contributed by atoms with Crippen molar-refractivity contribution in [2.75, 3.05) is 13.1 Å². The van der Waals surface area contributed by atoms with Gasteiger partial charge < -0.3 is 10.2 Å². The van der Waals surface area contributed by atoms with E-state index in [4.69, 9.17) is 5.26 Å². The Balaban J connectivity index is 2.60. The van der Waals surface area contributed by atoms with Crippen molar-refractivity contribution in [2.24, 2.45) is 0 Å². The Labute approximate surface area is 103 Å². The standard InChI is InChI=1S/C13H21N3O/c1-3-11(2)15-13(17)12(9-14)10-16-7-5-4-6-8-16/h10-11H,3-8H2,1-2H3,(H,15,17)/b12-10-. The monoisotopic (exact) mass is 235 g/mol. The van der Waals surface area contributed by atoms with Gasteiger partial charge in [-0.25, -0.2) is 0 Å². The largest absolute Gasteiger partial charge is 0.376 e. The highest BCUT2D eigenvalue weighted by molar-refractivity contribution is 5.97. The second-order valence-corrected chi connectivity index (χ2v) is 4.53. The van der Waals surface area contributed by atoms with Gasteiger partial charge in [-0.1, -0.05) is 6.92 Å². The molecule has 1 rings (SSSR count). The lowest BCUT2D eigenvalue weighted by molar-refractivity contribution is -0.117. The minimum absolute atomic E-state index is 0.112. The maximum atomic E-state index is 11.8. The fourth-order valence-electron chi connectivity index (χ4n) is 1.77. The lowest BCUT2D eigenvalue weighted by Gasteiger charge is -2.25. The Bertz CT molecular complexity index is 324. The van der Waals surface area contributed by atoms with Crippen molar-refractivity contribution >= 4 is 5.91 Å². The molecule has 1 aliphatic rings. The maximum absolute atomic E-state index is 11.8. The van der Waals surface area contributed by atoms with Crippen LogP contribution >= 0.6 is 0 Å². The molecule has 1 aliphatic heterocycles. The molecule has 0 aromatic rings. The lowest BCUT2D eigenvalue weighted by atomic mass is 10.1. The number of amides is 1. The van der Waals surface area contributed by atoms with Crippen LogP contribution in [0.1, 0.15) is 39.5 Å². The summed E-state index contributed by atoms with van der Waals surface area (Å²) >= 11 is 0. The van der Waals surface area contributed by atoms with E-state index in [9.17, 15) is 4.79 Å². The number of nitrogens with one attached hydrogen (secondary N) is 1. The molecule has 0 spiro atoms. The van der Waals surface area contributed by atoms with Crippen LogP contribution in [0.15, 0.2) is 11.8 Å². The number of hydrogen-bond donors (Lipinski definition) is 1. The third kappa shape index (κ3) is 4.48. The molecule has 0 bridgehead atoms. The smallest absolute Gasteiger partial charge is 0.263 e. The first-order valence-corrected chi connectivity index (χ1v) is 6.34. The van der Waals surface area contributed by atoms with E-state index >= 15 is 0 Å². The van der Waals surface area contributed by atoms with Gasteiger partial charge in [0.05, 0.1) is 0 Å². The van der Waals surface area contributed by atoms with Crippen LogP contribution in [-0.4, -0.2) is 29.9 Å². The van der Waals surface area contributed by atoms with Gasteiger partial charge in [-0.3, -0.25) is 4.79 Å².